The van der Waals surface area contributed by atoms with Gasteiger partial charge in [0.25, 0.3) is 0 Å². The van der Waals surface area contributed by atoms with Gasteiger partial charge in [-0.3, -0.25) is 4.79 Å². The van der Waals surface area contributed by atoms with Crippen LogP contribution in [-0.2, 0) is 9.59 Å². The van der Waals surface area contributed by atoms with E-state index in [2.05, 4.69) is 4.90 Å². The molecule has 1 N–H and O–H groups in total. The summed E-state index contributed by atoms with van der Waals surface area (Å²) in [5, 5.41) is 9.21. The molecule has 0 aromatic carbocycles. The van der Waals surface area contributed by atoms with Gasteiger partial charge in [0.15, 0.2) is 0 Å². The van der Waals surface area contributed by atoms with Gasteiger partial charge in [-0.25, -0.2) is 4.79 Å². The Morgan fingerprint density at radius 1 is 0.950 bits per heavy atom. The molecule has 2 fully saturated rings. The molecule has 0 bridgehead atoms. The van der Waals surface area contributed by atoms with Crippen LogP contribution in [0.1, 0.15) is 51.4 Å². The monoisotopic (exact) mass is 282 g/mol. The van der Waals surface area contributed by atoms with E-state index in [1.165, 1.54) is 25.7 Å². The van der Waals surface area contributed by atoms with E-state index in [1.54, 1.807) is 4.90 Å². The van der Waals surface area contributed by atoms with E-state index in [-0.39, 0.29) is 5.91 Å². The lowest BCUT2D eigenvalue weighted by Crippen LogP contribution is -2.48. The molecule has 2 aliphatic heterocycles. The molecule has 1 atom stereocenters. The minimum atomic E-state index is -0.854. The smallest absolute Gasteiger partial charge is 0.326 e. The summed E-state index contributed by atoms with van der Waals surface area (Å²) in [6.07, 6.45) is 7.92. The van der Waals surface area contributed by atoms with Crippen molar-refractivity contribution in [3.63, 3.8) is 0 Å². The van der Waals surface area contributed by atoms with Gasteiger partial charge in [-0.05, 0) is 45.2 Å². The Hall–Kier alpha value is -1.10. The van der Waals surface area contributed by atoms with Crippen molar-refractivity contribution < 1.29 is 14.7 Å². The van der Waals surface area contributed by atoms with Crippen LogP contribution in [0.5, 0.6) is 0 Å². The molecule has 0 aromatic heterocycles. The first-order valence-electron chi connectivity index (χ1n) is 7.93. The standard InChI is InChI=1S/C15H26N2O3/c18-14(8-12-16-9-4-1-2-5-10-16)17-11-6-3-7-13(17)15(19)20/h13H,1-12H2,(H,19,20). The summed E-state index contributed by atoms with van der Waals surface area (Å²) in [6, 6.07) is -0.597. The SMILES string of the molecule is O=C(O)C1CCCCN1C(=O)CCN1CCCCCC1. The van der Waals surface area contributed by atoms with E-state index >= 15 is 0 Å². The van der Waals surface area contributed by atoms with Crippen LogP contribution in [0.2, 0.25) is 0 Å². The van der Waals surface area contributed by atoms with Crippen LogP contribution in [0, 0.1) is 0 Å². The van der Waals surface area contributed by atoms with Crippen molar-refractivity contribution in [3.05, 3.63) is 0 Å². The van der Waals surface area contributed by atoms with Gasteiger partial charge >= 0.3 is 5.97 Å². The zero-order valence-corrected chi connectivity index (χ0v) is 12.2. The average Bonchev–Trinajstić information content (AvgIpc) is 2.73. The minimum absolute atomic E-state index is 0.0151. The molecule has 0 radical (unpaired) electrons. The normalized spacial score (nSPS) is 25.2. The second-order valence-corrected chi connectivity index (χ2v) is 5.94. The second-order valence-electron chi connectivity index (χ2n) is 5.94. The molecule has 0 aromatic rings. The predicted molar refractivity (Wildman–Crippen MR) is 76.5 cm³/mol. The van der Waals surface area contributed by atoms with Crippen LogP contribution in [-0.4, -0.2) is 59.0 Å². The van der Waals surface area contributed by atoms with E-state index in [0.717, 1.165) is 32.5 Å². The van der Waals surface area contributed by atoms with Crippen LogP contribution < -0.4 is 0 Å². The highest BCUT2D eigenvalue weighted by Crippen LogP contribution is 2.18. The van der Waals surface area contributed by atoms with Gasteiger partial charge in [0.1, 0.15) is 6.04 Å². The van der Waals surface area contributed by atoms with Gasteiger partial charge in [-0.15, -0.1) is 0 Å². The topological polar surface area (TPSA) is 60.9 Å². The fourth-order valence-electron chi connectivity index (χ4n) is 3.24. The van der Waals surface area contributed by atoms with Gasteiger partial charge in [-0.1, -0.05) is 12.8 Å². The summed E-state index contributed by atoms with van der Waals surface area (Å²) < 4.78 is 0. The molecule has 1 amide bonds. The third-order valence-corrected chi connectivity index (χ3v) is 4.45. The van der Waals surface area contributed by atoms with Crippen molar-refractivity contribution in [1.29, 1.82) is 0 Å². The van der Waals surface area contributed by atoms with Crippen LogP contribution in [0.4, 0.5) is 0 Å². The van der Waals surface area contributed by atoms with Crippen molar-refractivity contribution in [2.75, 3.05) is 26.2 Å². The van der Waals surface area contributed by atoms with Gasteiger partial charge in [0.2, 0.25) is 5.91 Å². The molecule has 2 rings (SSSR count). The molecule has 0 aliphatic carbocycles. The maximum absolute atomic E-state index is 12.3. The molecule has 5 nitrogen and oxygen atoms in total. The third-order valence-electron chi connectivity index (χ3n) is 4.45. The second kappa shape index (κ2) is 7.62. The van der Waals surface area contributed by atoms with Crippen molar-refractivity contribution in [1.82, 2.24) is 9.80 Å². The van der Waals surface area contributed by atoms with Crippen molar-refractivity contribution in [2.45, 2.75) is 57.4 Å². The number of carbonyl (C=O) groups is 2. The molecule has 20 heavy (non-hydrogen) atoms. The Morgan fingerprint density at radius 2 is 1.60 bits per heavy atom. The van der Waals surface area contributed by atoms with Crippen molar-refractivity contribution in [2.24, 2.45) is 0 Å². The fourth-order valence-corrected chi connectivity index (χ4v) is 3.24. The van der Waals surface area contributed by atoms with Crippen LogP contribution in [0.15, 0.2) is 0 Å². The maximum atomic E-state index is 12.3. The highest BCUT2D eigenvalue weighted by Gasteiger charge is 2.31. The number of hydrogen-bond donors (Lipinski definition) is 1. The predicted octanol–water partition coefficient (Wildman–Crippen LogP) is 1.72. The van der Waals surface area contributed by atoms with E-state index < -0.39 is 12.0 Å². The molecule has 1 unspecified atom stereocenters. The summed E-state index contributed by atoms with van der Waals surface area (Å²) >= 11 is 0. The Labute approximate surface area is 120 Å². The number of aliphatic carboxylic acids is 1. The van der Waals surface area contributed by atoms with Crippen molar-refractivity contribution in [3.8, 4) is 0 Å². The number of carboxylic acids is 1. The number of carboxylic acid groups (broad SMARTS) is 1. The summed E-state index contributed by atoms with van der Waals surface area (Å²) in [5.74, 6) is -0.839. The lowest BCUT2D eigenvalue weighted by molar-refractivity contribution is -0.152. The van der Waals surface area contributed by atoms with Gasteiger partial charge in [-0.2, -0.15) is 0 Å². The van der Waals surface area contributed by atoms with Crippen LogP contribution in [0.3, 0.4) is 0 Å². The van der Waals surface area contributed by atoms with E-state index in [0.29, 0.717) is 19.4 Å². The third kappa shape index (κ3) is 4.20. The minimum Gasteiger partial charge on any atom is -0.480 e. The van der Waals surface area contributed by atoms with Crippen molar-refractivity contribution >= 4 is 11.9 Å². The number of likely N-dealkylation sites (tertiary alicyclic amines) is 2. The number of carbonyl (C=O) groups excluding carboxylic acids is 1. The highest BCUT2D eigenvalue weighted by atomic mass is 16.4. The van der Waals surface area contributed by atoms with Gasteiger partial charge in [0, 0.05) is 19.5 Å². The molecule has 0 saturated carbocycles. The Balaban J connectivity index is 1.81. The average molecular weight is 282 g/mol. The van der Waals surface area contributed by atoms with Gasteiger partial charge < -0.3 is 14.9 Å². The van der Waals surface area contributed by atoms with Crippen LogP contribution >= 0.6 is 0 Å². The molecule has 2 aliphatic rings. The Kier molecular flexibility index (Phi) is 5.83. The molecular weight excluding hydrogens is 256 g/mol. The lowest BCUT2D eigenvalue weighted by atomic mass is 10.0. The molecule has 0 spiro atoms. The molecule has 5 heteroatoms. The number of piperidine rings is 1. The summed E-state index contributed by atoms with van der Waals surface area (Å²) in [6.45, 7) is 3.54. The van der Waals surface area contributed by atoms with E-state index in [1.807, 2.05) is 0 Å². The number of amides is 1. The fraction of sp³-hybridized carbons (Fsp3) is 0.867. The molecule has 2 heterocycles. The van der Waals surface area contributed by atoms with E-state index in [9.17, 15) is 14.7 Å². The largest absolute Gasteiger partial charge is 0.480 e. The van der Waals surface area contributed by atoms with Crippen LogP contribution in [0.25, 0.3) is 0 Å². The quantitative estimate of drug-likeness (QED) is 0.853. The number of nitrogens with zero attached hydrogens (tertiary/aromatic N) is 2. The molecular formula is C15H26N2O3. The first-order valence-corrected chi connectivity index (χ1v) is 7.93. The molecule has 2 saturated heterocycles. The number of hydrogen-bond acceptors (Lipinski definition) is 3. The first-order chi connectivity index (χ1) is 9.68. The zero-order valence-electron chi connectivity index (χ0n) is 12.2. The maximum Gasteiger partial charge on any atom is 0.326 e. The lowest BCUT2D eigenvalue weighted by Gasteiger charge is -2.33. The summed E-state index contributed by atoms with van der Waals surface area (Å²) in [7, 11) is 0. The first kappa shape index (κ1) is 15.3. The van der Waals surface area contributed by atoms with Gasteiger partial charge in [0.05, 0.1) is 0 Å². The summed E-state index contributed by atoms with van der Waals surface area (Å²) in [5.41, 5.74) is 0. The Bertz CT molecular complexity index is 338. The molecule has 114 valence electrons. The highest BCUT2D eigenvalue weighted by molar-refractivity contribution is 5.83. The Morgan fingerprint density at radius 3 is 2.25 bits per heavy atom. The summed E-state index contributed by atoms with van der Waals surface area (Å²) in [4.78, 5) is 27.4. The van der Waals surface area contributed by atoms with E-state index in [4.69, 9.17) is 0 Å². The number of rotatable bonds is 4. The zero-order chi connectivity index (χ0) is 14.4.